The maximum atomic E-state index is 13.1. The number of aliphatic hydroxyl groups is 1. The third-order valence-electron chi connectivity index (χ3n) is 5.38. The molecule has 28 heavy (non-hydrogen) atoms. The van der Waals surface area contributed by atoms with Crippen molar-refractivity contribution in [3.05, 3.63) is 84.4 Å². The third kappa shape index (κ3) is 3.94. The fourth-order valence-corrected chi connectivity index (χ4v) is 3.79. The summed E-state index contributed by atoms with van der Waals surface area (Å²) in [6.07, 6.45) is 8.52. The van der Waals surface area contributed by atoms with Gasteiger partial charge in [0.1, 0.15) is 0 Å². The summed E-state index contributed by atoms with van der Waals surface area (Å²) >= 11 is 0. The Morgan fingerprint density at radius 3 is 2.43 bits per heavy atom. The number of hydrogen-bond acceptors (Lipinski definition) is 4. The lowest BCUT2D eigenvalue weighted by molar-refractivity contribution is -0.0162. The molecule has 0 spiro atoms. The Bertz CT molecular complexity index is 936. The van der Waals surface area contributed by atoms with Crippen molar-refractivity contribution in [3.8, 4) is 11.1 Å². The van der Waals surface area contributed by atoms with Crippen molar-refractivity contribution in [1.82, 2.24) is 14.9 Å². The number of piperidine rings is 1. The van der Waals surface area contributed by atoms with E-state index < -0.39 is 5.60 Å². The van der Waals surface area contributed by atoms with Gasteiger partial charge < -0.3 is 10.0 Å². The summed E-state index contributed by atoms with van der Waals surface area (Å²) in [6.45, 7) is 1.06. The molecule has 5 nitrogen and oxygen atoms in total. The van der Waals surface area contributed by atoms with Crippen LogP contribution < -0.4 is 0 Å². The number of carbonyl (C=O) groups excluding carboxylic acids is 1. The summed E-state index contributed by atoms with van der Waals surface area (Å²) in [7, 11) is 0. The lowest BCUT2D eigenvalue weighted by Gasteiger charge is -2.38. The Labute approximate surface area is 164 Å². The minimum Gasteiger partial charge on any atom is -0.389 e. The molecule has 0 unspecified atom stereocenters. The van der Waals surface area contributed by atoms with E-state index in [4.69, 9.17) is 0 Å². The van der Waals surface area contributed by atoms with Crippen LogP contribution in [0.3, 0.4) is 0 Å². The number of hydrogen-bond donors (Lipinski definition) is 1. The first kappa shape index (κ1) is 18.3. The Hall–Kier alpha value is -3.05. The summed E-state index contributed by atoms with van der Waals surface area (Å²) in [4.78, 5) is 23.3. The molecule has 3 heterocycles. The van der Waals surface area contributed by atoms with E-state index >= 15 is 0 Å². The molecule has 1 amide bonds. The standard InChI is InChI=1S/C23H23N3O2/c27-22(21-17-25-12-8-20(21)19-7-4-11-24-16-19)26-13-9-23(28,10-14-26)15-18-5-2-1-3-6-18/h1-8,11-12,16-17,28H,9-10,13-15H2. The van der Waals surface area contributed by atoms with Crippen LogP contribution in [0.2, 0.25) is 0 Å². The molecule has 0 bridgehead atoms. The number of aromatic nitrogens is 2. The minimum atomic E-state index is -0.765. The van der Waals surface area contributed by atoms with Gasteiger partial charge in [-0.2, -0.15) is 0 Å². The number of amides is 1. The van der Waals surface area contributed by atoms with Crippen LogP contribution in [0.25, 0.3) is 11.1 Å². The molecule has 1 aliphatic heterocycles. The second kappa shape index (κ2) is 7.90. The fourth-order valence-electron chi connectivity index (χ4n) is 3.79. The minimum absolute atomic E-state index is 0.0475. The van der Waals surface area contributed by atoms with Gasteiger partial charge in [0.15, 0.2) is 0 Å². The molecule has 0 atom stereocenters. The topological polar surface area (TPSA) is 66.3 Å². The largest absolute Gasteiger partial charge is 0.389 e. The van der Waals surface area contributed by atoms with Crippen LogP contribution in [-0.4, -0.2) is 44.6 Å². The number of rotatable bonds is 4. The molecule has 1 aliphatic rings. The second-order valence-electron chi connectivity index (χ2n) is 7.34. The molecule has 5 heteroatoms. The molecular weight excluding hydrogens is 350 g/mol. The van der Waals surface area contributed by atoms with Gasteiger partial charge >= 0.3 is 0 Å². The van der Waals surface area contributed by atoms with E-state index in [2.05, 4.69) is 9.97 Å². The summed E-state index contributed by atoms with van der Waals surface area (Å²) in [5.41, 5.74) is 2.66. The highest BCUT2D eigenvalue weighted by molar-refractivity contribution is 6.00. The Kier molecular flexibility index (Phi) is 5.17. The summed E-state index contributed by atoms with van der Waals surface area (Å²) < 4.78 is 0. The van der Waals surface area contributed by atoms with Gasteiger partial charge in [-0.3, -0.25) is 14.8 Å². The van der Waals surface area contributed by atoms with Crippen molar-refractivity contribution in [3.63, 3.8) is 0 Å². The molecule has 4 rings (SSSR count). The van der Waals surface area contributed by atoms with E-state index in [9.17, 15) is 9.90 Å². The zero-order valence-electron chi connectivity index (χ0n) is 15.7. The molecule has 1 aromatic carbocycles. The normalized spacial score (nSPS) is 16.0. The van der Waals surface area contributed by atoms with Crippen molar-refractivity contribution in [2.24, 2.45) is 0 Å². The molecule has 0 saturated carbocycles. The van der Waals surface area contributed by atoms with E-state index in [1.54, 1.807) is 24.8 Å². The first-order valence-electron chi connectivity index (χ1n) is 9.55. The first-order valence-corrected chi connectivity index (χ1v) is 9.55. The van der Waals surface area contributed by atoms with Gasteiger partial charge in [-0.25, -0.2) is 0 Å². The molecular formula is C23H23N3O2. The van der Waals surface area contributed by atoms with Crippen LogP contribution in [0.4, 0.5) is 0 Å². The molecule has 1 N–H and O–H groups in total. The van der Waals surface area contributed by atoms with Crippen LogP contribution >= 0.6 is 0 Å². The van der Waals surface area contributed by atoms with E-state index in [1.165, 1.54) is 0 Å². The maximum absolute atomic E-state index is 13.1. The smallest absolute Gasteiger partial charge is 0.256 e. The van der Waals surface area contributed by atoms with Crippen LogP contribution in [0.5, 0.6) is 0 Å². The second-order valence-corrected chi connectivity index (χ2v) is 7.34. The van der Waals surface area contributed by atoms with Crippen LogP contribution in [0.1, 0.15) is 28.8 Å². The molecule has 3 aromatic rings. The zero-order valence-corrected chi connectivity index (χ0v) is 15.7. The lowest BCUT2D eigenvalue weighted by atomic mass is 9.85. The van der Waals surface area contributed by atoms with Gasteiger partial charge in [0, 0.05) is 49.9 Å². The molecule has 1 saturated heterocycles. The highest BCUT2D eigenvalue weighted by Gasteiger charge is 2.34. The monoisotopic (exact) mass is 373 g/mol. The molecule has 142 valence electrons. The van der Waals surface area contributed by atoms with Crippen molar-refractivity contribution in [1.29, 1.82) is 0 Å². The average Bonchev–Trinajstić information content (AvgIpc) is 2.75. The predicted molar refractivity (Wildman–Crippen MR) is 108 cm³/mol. The number of pyridine rings is 2. The van der Waals surface area contributed by atoms with E-state index in [1.807, 2.05) is 53.4 Å². The van der Waals surface area contributed by atoms with E-state index in [0.717, 1.165) is 16.7 Å². The average molecular weight is 373 g/mol. The van der Waals surface area contributed by atoms with Crippen molar-refractivity contribution >= 4 is 5.91 Å². The number of likely N-dealkylation sites (tertiary alicyclic amines) is 1. The van der Waals surface area contributed by atoms with Crippen molar-refractivity contribution < 1.29 is 9.90 Å². The van der Waals surface area contributed by atoms with Gasteiger partial charge in [-0.15, -0.1) is 0 Å². The lowest BCUT2D eigenvalue weighted by Crippen LogP contribution is -2.47. The molecule has 0 aliphatic carbocycles. The van der Waals surface area contributed by atoms with Crippen LogP contribution in [-0.2, 0) is 6.42 Å². The van der Waals surface area contributed by atoms with Gasteiger partial charge in [0.25, 0.3) is 5.91 Å². The van der Waals surface area contributed by atoms with Crippen molar-refractivity contribution in [2.75, 3.05) is 13.1 Å². The van der Waals surface area contributed by atoms with E-state index in [-0.39, 0.29) is 5.91 Å². The summed E-state index contributed by atoms with van der Waals surface area (Å²) in [5, 5.41) is 11.0. The number of nitrogens with zero attached hydrogens (tertiary/aromatic N) is 3. The van der Waals surface area contributed by atoms with Gasteiger partial charge in [-0.1, -0.05) is 36.4 Å². The fraction of sp³-hybridized carbons (Fsp3) is 0.261. The SMILES string of the molecule is O=C(c1cnccc1-c1cccnc1)N1CCC(O)(Cc2ccccc2)CC1. The highest BCUT2D eigenvalue weighted by Crippen LogP contribution is 2.29. The summed E-state index contributed by atoms with van der Waals surface area (Å²) in [6, 6.07) is 15.7. The molecule has 1 fully saturated rings. The third-order valence-corrected chi connectivity index (χ3v) is 5.38. The van der Waals surface area contributed by atoms with Gasteiger partial charge in [0.05, 0.1) is 11.2 Å². The first-order chi connectivity index (χ1) is 13.6. The van der Waals surface area contributed by atoms with Gasteiger partial charge in [0.2, 0.25) is 0 Å². The number of benzene rings is 1. The van der Waals surface area contributed by atoms with Crippen LogP contribution in [0.15, 0.2) is 73.3 Å². The Balaban J connectivity index is 1.48. The Morgan fingerprint density at radius 2 is 1.71 bits per heavy atom. The molecule has 0 radical (unpaired) electrons. The maximum Gasteiger partial charge on any atom is 0.256 e. The quantitative estimate of drug-likeness (QED) is 0.762. The van der Waals surface area contributed by atoms with Crippen molar-refractivity contribution in [2.45, 2.75) is 24.9 Å². The Morgan fingerprint density at radius 1 is 0.964 bits per heavy atom. The number of carbonyl (C=O) groups is 1. The predicted octanol–water partition coefficient (Wildman–Crippen LogP) is 3.35. The zero-order chi connectivity index (χ0) is 19.4. The highest BCUT2D eigenvalue weighted by atomic mass is 16.3. The van der Waals surface area contributed by atoms with Crippen LogP contribution in [0, 0.1) is 0 Å². The molecule has 2 aromatic heterocycles. The van der Waals surface area contributed by atoms with Gasteiger partial charge in [-0.05, 0) is 36.1 Å². The summed E-state index contributed by atoms with van der Waals surface area (Å²) in [5.74, 6) is -0.0475. The van der Waals surface area contributed by atoms with E-state index in [0.29, 0.717) is 37.9 Å².